The summed E-state index contributed by atoms with van der Waals surface area (Å²) in [6.07, 6.45) is 7.14. The first-order chi connectivity index (χ1) is 7.68. The van der Waals surface area contributed by atoms with Crippen molar-refractivity contribution in [2.45, 2.75) is 58.0 Å². The third-order valence-corrected chi connectivity index (χ3v) is 4.13. The molecule has 0 spiro atoms. The number of hydrogen-bond donors (Lipinski definition) is 0. The molecule has 1 aliphatic heterocycles. The molecule has 2 heteroatoms. The van der Waals surface area contributed by atoms with E-state index in [1.54, 1.807) is 0 Å². The number of piperazine rings is 1. The molecule has 2 aliphatic rings. The Balaban J connectivity index is 1.88. The van der Waals surface area contributed by atoms with Gasteiger partial charge in [0.15, 0.2) is 0 Å². The highest BCUT2D eigenvalue weighted by molar-refractivity contribution is 5.03. The van der Waals surface area contributed by atoms with E-state index in [0.717, 1.165) is 12.6 Å². The first kappa shape index (κ1) is 12.0. The molecule has 1 saturated carbocycles. The van der Waals surface area contributed by atoms with Crippen LogP contribution in [0.5, 0.6) is 0 Å². The molecule has 92 valence electrons. The lowest BCUT2D eigenvalue weighted by Gasteiger charge is -2.44. The number of rotatable bonds is 2. The Kier molecular flexibility index (Phi) is 3.91. The van der Waals surface area contributed by atoms with Gasteiger partial charge in [-0.05, 0) is 26.7 Å². The third-order valence-electron chi connectivity index (χ3n) is 4.13. The van der Waals surface area contributed by atoms with Crippen LogP contribution >= 0.6 is 0 Å². The van der Waals surface area contributed by atoms with E-state index in [1.165, 1.54) is 50.9 Å². The SMILES string of the molecule is C=C1CN(C2CCCCC2)CCN1C(C)C. The molecule has 2 fully saturated rings. The lowest BCUT2D eigenvalue weighted by molar-refractivity contribution is 0.0974. The summed E-state index contributed by atoms with van der Waals surface area (Å²) >= 11 is 0. The van der Waals surface area contributed by atoms with Gasteiger partial charge in [0.2, 0.25) is 0 Å². The van der Waals surface area contributed by atoms with Gasteiger partial charge in [-0.3, -0.25) is 4.90 Å². The molecular formula is C14H26N2. The Morgan fingerprint density at radius 2 is 1.81 bits per heavy atom. The first-order valence-electron chi connectivity index (χ1n) is 6.87. The van der Waals surface area contributed by atoms with Gasteiger partial charge in [-0.2, -0.15) is 0 Å². The largest absolute Gasteiger partial charge is 0.371 e. The van der Waals surface area contributed by atoms with Crippen molar-refractivity contribution in [1.82, 2.24) is 9.80 Å². The first-order valence-corrected chi connectivity index (χ1v) is 6.87. The van der Waals surface area contributed by atoms with Crippen molar-refractivity contribution in [2.24, 2.45) is 0 Å². The quantitative estimate of drug-likeness (QED) is 0.709. The molecule has 0 aromatic carbocycles. The fourth-order valence-corrected chi connectivity index (χ4v) is 3.18. The van der Waals surface area contributed by atoms with Crippen molar-refractivity contribution >= 4 is 0 Å². The second kappa shape index (κ2) is 5.22. The molecule has 2 nitrogen and oxygen atoms in total. The summed E-state index contributed by atoms with van der Waals surface area (Å²) in [5.41, 5.74) is 1.33. The van der Waals surface area contributed by atoms with Crippen molar-refractivity contribution < 1.29 is 0 Å². The summed E-state index contributed by atoms with van der Waals surface area (Å²) in [4.78, 5) is 5.12. The summed E-state index contributed by atoms with van der Waals surface area (Å²) in [7, 11) is 0. The van der Waals surface area contributed by atoms with Crippen LogP contribution in [0.25, 0.3) is 0 Å². The molecule has 0 unspecified atom stereocenters. The van der Waals surface area contributed by atoms with E-state index >= 15 is 0 Å². The molecule has 1 aliphatic carbocycles. The summed E-state index contributed by atoms with van der Waals surface area (Å²) in [5, 5.41) is 0. The second-order valence-corrected chi connectivity index (χ2v) is 5.62. The van der Waals surface area contributed by atoms with Gasteiger partial charge < -0.3 is 4.90 Å². The zero-order valence-electron chi connectivity index (χ0n) is 10.9. The van der Waals surface area contributed by atoms with Crippen LogP contribution < -0.4 is 0 Å². The van der Waals surface area contributed by atoms with Crippen molar-refractivity contribution in [1.29, 1.82) is 0 Å². The van der Waals surface area contributed by atoms with Gasteiger partial charge >= 0.3 is 0 Å². The molecule has 0 aromatic rings. The van der Waals surface area contributed by atoms with Crippen molar-refractivity contribution in [3.8, 4) is 0 Å². The van der Waals surface area contributed by atoms with Gasteiger partial charge in [0.25, 0.3) is 0 Å². The average Bonchev–Trinajstić information content (AvgIpc) is 2.29. The molecule has 0 radical (unpaired) electrons. The monoisotopic (exact) mass is 222 g/mol. The lowest BCUT2D eigenvalue weighted by Crippen LogP contribution is -2.50. The maximum absolute atomic E-state index is 4.25. The predicted octanol–water partition coefficient (Wildman–Crippen LogP) is 2.86. The van der Waals surface area contributed by atoms with Gasteiger partial charge in [-0.1, -0.05) is 25.8 Å². The van der Waals surface area contributed by atoms with Crippen LogP contribution in [0.4, 0.5) is 0 Å². The summed E-state index contributed by atoms with van der Waals surface area (Å²) in [6.45, 7) is 12.3. The van der Waals surface area contributed by atoms with Gasteiger partial charge in [0.1, 0.15) is 0 Å². The van der Waals surface area contributed by atoms with E-state index < -0.39 is 0 Å². The van der Waals surface area contributed by atoms with E-state index in [-0.39, 0.29) is 0 Å². The zero-order chi connectivity index (χ0) is 11.5. The Morgan fingerprint density at radius 3 is 2.38 bits per heavy atom. The summed E-state index contributed by atoms with van der Waals surface area (Å²) < 4.78 is 0. The Morgan fingerprint density at radius 1 is 1.12 bits per heavy atom. The fourth-order valence-electron chi connectivity index (χ4n) is 3.18. The second-order valence-electron chi connectivity index (χ2n) is 5.62. The Hall–Kier alpha value is -0.500. The zero-order valence-corrected chi connectivity index (χ0v) is 10.9. The van der Waals surface area contributed by atoms with E-state index in [2.05, 4.69) is 30.2 Å². The van der Waals surface area contributed by atoms with Gasteiger partial charge in [-0.15, -0.1) is 0 Å². The lowest BCUT2D eigenvalue weighted by atomic mass is 9.93. The Labute approximate surface area is 100 Å². The molecule has 1 heterocycles. The third kappa shape index (κ3) is 2.60. The van der Waals surface area contributed by atoms with E-state index in [1.807, 2.05) is 0 Å². The van der Waals surface area contributed by atoms with E-state index in [0.29, 0.717) is 6.04 Å². The van der Waals surface area contributed by atoms with Crippen LogP contribution in [0, 0.1) is 0 Å². The summed E-state index contributed by atoms with van der Waals surface area (Å²) in [6, 6.07) is 1.46. The normalized spacial score (nSPS) is 25.4. The molecule has 1 saturated heterocycles. The minimum absolute atomic E-state index is 0.612. The highest BCUT2D eigenvalue weighted by Crippen LogP contribution is 2.25. The standard InChI is InChI=1S/C14H26N2/c1-12(2)16-10-9-15(11-13(16)3)14-7-5-4-6-8-14/h12,14H,3-11H2,1-2H3. The minimum Gasteiger partial charge on any atom is -0.371 e. The predicted molar refractivity (Wildman–Crippen MR) is 69.4 cm³/mol. The van der Waals surface area contributed by atoms with E-state index in [4.69, 9.17) is 0 Å². The van der Waals surface area contributed by atoms with Crippen molar-refractivity contribution in [3.05, 3.63) is 12.3 Å². The van der Waals surface area contributed by atoms with Gasteiger partial charge in [-0.25, -0.2) is 0 Å². The van der Waals surface area contributed by atoms with Crippen LogP contribution in [-0.2, 0) is 0 Å². The van der Waals surface area contributed by atoms with Gasteiger partial charge in [0.05, 0.1) is 0 Å². The molecule has 16 heavy (non-hydrogen) atoms. The minimum atomic E-state index is 0.612. The van der Waals surface area contributed by atoms with Crippen molar-refractivity contribution in [2.75, 3.05) is 19.6 Å². The van der Waals surface area contributed by atoms with Gasteiger partial charge in [0, 0.05) is 37.4 Å². The molecule has 0 bridgehead atoms. The average molecular weight is 222 g/mol. The maximum atomic E-state index is 4.25. The highest BCUT2D eigenvalue weighted by atomic mass is 15.3. The van der Waals surface area contributed by atoms with Crippen LogP contribution in [0.3, 0.4) is 0 Å². The molecule has 0 N–H and O–H groups in total. The van der Waals surface area contributed by atoms with Crippen LogP contribution in [-0.4, -0.2) is 41.5 Å². The molecule has 0 amide bonds. The molecular weight excluding hydrogens is 196 g/mol. The smallest absolute Gasteiger partial charge is 0.0381 e. The highest BCUT2D eigenvalue weighted by Gasteiger charge is 2.27. The van der Waals surface area contributed by atoms with Crippen LogP contribution in [0.1, 0.15) is 46.0 Å². The van der Waals surface area contributed by atoms with Crippen LogP contribution in [0.2, 0.25) is 0 Å². The maximum Gasteiger partial charge on any atom is 0.0381 e. The fraction of sp³-hybridized carbons (Fsp3) is 0.857. The van der Waals surface area contributed by atoms with Crippen molar-refractivity contribution in [3.63, 3.8) is 0 Å². The molecule has 2 rings (SSSR count). The summed E-state index contributed by atoms with van der Waals surface area (Å²) in [5.74, 6) is 0. The van der Waals surface area contributed by atoms with Crippen LogP contribution in [0.15, 0.2) is 12.3 Å². The topological polar surface area (TPSA) is 6.48 Å². The Bertz CT molecular complexity index is 241. The number of nitrogens with zero attached hydrogens (tertiary/aromatic N) is 2. The number of hydrogen-bond acceptors (Lipinski definition) is 2. The molecule has 0 atom stereocenters. The van der Waals surface area contributed by atoms with E-state index in [9.17, 15) is 0 Å². The molecule has 0 aromatic heterocycles.